The highest BCUT2D eigenvalue weighted by molar-refractivity contribution is 7.15. The first-order chi connectivity index (χ1) is 17.6. The number of alkyl halides is 1. The van der Waals surface area contributed by atoms with Crippen molar-refractivity contribution >= 4 is 17.3 Å². The van der Waals surface area contributed by atoms with E-state index in [2.05, 4.69) is 46.6 Å². The molecular weight excluding hydrogens is 483 g/mol. The van der Waals surface area contributed by atoms with Gasteiger partial charge < -0.3 is 10.4 Å². The molecule has 0 radical (unpaired) electrons. The lowest BCUT2D eigenvalue weighted by molar-refractivity contribution is 0.0543. The van der Waals surface area contributed by atoms with Crippen LogP contribution < -0.4 is 5.32 Å². The Hall–Kier alpha value is -2.54. The van der Waals surface area contributed by atoms with Gasteiger partial charge in [0.15, 0.2) is 0 Å². The van der Waals surface area contributed by atoms with Crippen molar-refractivity contribution in [1.29, 1.82) is 0 Å². The number of nitrogens with zero attached hydrogens (tertiary/aromatic N) is 1. The maximum absolute atomic E-state index is 15.6. The lowest BCUT2D eigenvalue weighted by Crippen LogP contribution is -2.47. The summed E-state index contributed by atoms with van der Waals surface area (Å²) >= 11 is 1.85. The Morgan fingerprint density at radius 1 is 1.11 bits per heavy atom. The predicted molar refractivity (Wildman–Crippen MR) is 149 cm³/mol. The normalized spacial score (nSPS) is 21.6. The fourth-order valence-corrected chi connectivity index (χ4v) is 6.59. The highest BCUT2D eigenvalue weighted by Gasteiger charge is 2.42. The van der Waals surface area contributed by atoms with Crippen LogP contribution in [-0.4, -0.2) is 47.3 Å². The number of carboxylic acids is 1. The SMILES string of the molecule is CC(C)(C)c1cc(CN2CCC(F)(CNC3CC3c3ccc(-c4ccccc4)s3)CC2)ccc1C(=O)O. The molecule has 5 rings (SSSR count). The quantitative estimate of drug-likeness (QED) is 0.341. The molecule has 1 saturated carbocycles. The topological polar surface area (TPSA) is 52.6 Å². The van der Waals surface area contributed by atoms with Crippen LogP contribution >= 0.6 is 11.3 Å². The summed E-state index contributed by atoms with van der Waals surface area (Å²) in [5, 5.41) is 13.1. The molecule has 37 heavy (non-hydrogen) atoms. The van der Waals surface area contributed by atoms with Gasteiger partial charge in [0, 0.05) is 47.9 Å². The second-order valence-corrected chi connectivity index (χ2v) is 12.9. The van der Waals surface area contributed by atoms with Gasteiger partial charge in [-0.05, 0) is 59.6 Å². The third-order valence-electron chi connectivity index (χ3n) is 7.80. The first kappa shape index (κ1) is 26.1. The molecule has 2 unspecified atom stereocenters. The number of nitrogens with one attached hydrogen (secondary N) is 1. The first-order valence-corrected chi connectivity index (χ1v) is 14.1. The Morgan fingerprint density at radius 2 is 1.84 bits per heavy atom. The molecule has 4 nitrogen and oxygen atoms in total. The number of carbonyl (C=O) groups is 1. The van der Waals surface area contributed by atoms with Gasteiger partial charge in [0.1, 0.15) is 5.67 Å². The molecule has 6 heteroatoms. The van der Waals surface area contributed by atoms with Crippen LogP contribution in [0.1, 0.15) is 72.3 Å². The van der Waals surface area contributed by atoms with Gasteiger partial charge in [-0.3, -0.25) is 4.90 Å². The molecule has 0 bridgehead atoms. The zero-order valence-electron chi connectivity index (χ0n) is 22.0. The smallest absolute Gasteiger partial charge is 0.335 e. The van der Waals surface area contributed by atoms with E-state index in [9.17, 15) is 9.90 Å². The highest BCUT2D eigenvalue weighted by Crippen LogP contribution is 2.46. The molecule has 0 amide bonds. The monoisotopic (exact) mass is 520 g/mol. The van der Waals surface area contributed by atoms with Gasteiger partial charge >= 0.3 is 5.97 Å². The maximum atomic E-state index is 15.6. The van der Waals surface area contributed by atoms with Crippen LogP contribution in [0.15, 0.2) is 60.7 Å². The number of benzene rings is 2. The van der Waals surface area contributed by atoms with Gasteiger partial charge in [-0.25, -0.2) is 9.18 Å². The molecule has 2 atom stereocenters. The third-order valence-corrected chi connectivity index (χ3v) is 9.07. The second-order valence-electron chi connectivity index (χ2n) is 11.8. The van der Waals surface area contributed by atoms with E-state index < -0.39 is 11.6 Å². The molecular formula is C31H37FN2O2S. The number of rotatable bonds is 8. The number of aromatic carboxylic acids is 1. The molecule has 2 aliphatic rings. The van der Waals surface area contributed by atoms with Gasteiger partial charge in [0.25, 0.3) is 0 Å². The molecule has 3 aromatic rings. The van der Waals surface area contributed by atoms with Crippen molar-refractivity contribution in [3.8, 4) is 10.4 Å². The summed E-state index contributed by atoms with van der Waals surface area (Å²) in [7, 11) is 0. The zero-order valence-corrected chi connectivity index (χ0v) is 22.8. The summed E-state index contributed by atoms with van der Waals surface area (Å²) in [5.74, 6) is -0.394. The minimum Gasteiger partial charge on any atom is -0.478 e. The van der Waals surface area contributed by atoms with E-state index in [-0.39, 0.29) is 5.41 Å². The predicted octanol–water partition coefficient (Wildman–Crippen LogP) is 6.86. The number of piperidine rings is 1. The average Bonchev–Trinajstić information content (AvgIpc) is 3.49. The fourth-order valence-electron chi connectivity index (χ4n) is 5.40. The maximum Gasteiger partial charge on any atom is 0.335 e. The van der Waals surface area contributed by atoms with Crippen molar-refractivity contribution in [1.82, 2.24) is 10.2 Å². The fraction of sp³-hybridized carbons (Fsp3) is 0.452. The molecule has 1 aliphatic carbocycles. The molecule has 1 aromatic heterocycles. The summed E-state index contributed by atoms with van der Waals surface area (Å²) < 4.78 is 15.6. The summed E-state index contributed by atoms with van der Waals surface area (Å²) in [5.41, 5.74) is 2.13. The summed E-state index contributed by atoms with van der Waals surface area (Å²) in [6.45, 7) is 8.67. The van der Waals surface area contributed by atoms with E-state index >= 15 is 4.39 Å². The number of halogens is 1. The lowest BCUT2D eigenvalue weighted by atomic mass is 9.82. The van der Waals surface area contributed by atoms with Crippen LogP contribution in [0, 0.1) is 0 Å². The summed E-state index contributed by atoms with van der Waals surface area (Å²) in [6.07, 6.45) is 2.13. The van der Waals surface area contributed by atoms with Gasteiger partial charge in [-0.2, -0.15) is 0 Å². The van der Waals surface area contributed by atoms with Crippen molar-refractivity contribution in [3.05, 3.63) is 82.2 Å². The van der Waals surface area contributed by atoms with Gasteiger partial charge in [0.2, 0.25) is 0 Å². The number of likely N-dealkylation sites (tertiary alicyclic amines) is 1. The molecule has 2 heterocycles. The van der Waals surface area contributed by atoms with Crippen molar-refractivity contribution < 1.29 is 14.3 Å². The standard InChI is InChI=1S/C31H37FN2O2S/c1-30(2,3)25-17-21(9-10-23(25)29(35)36)19-34-15-13-31(32,14-16-34)20-33-26-18-24(26)28-12-11-27(37-28)22-7-5-4-6-8-22/h4-12,17,24,26,33H,13-16,18-20H2,1-3H3,(H,35,36). The molecule has 1 aliphatic heterocycles. The Morgan fingerprint density at radius 3 is 2.51 bits per heavy atom. The van der Waals surface area contributed by atoms with Gasteiger partial charge in [-0.15, -0.1) is 11.3 Å². The third kappa shape index (κ3) is 6.14. The number of hydrogen-bond acceptors (Lipinski definition) is 4. The van der Waals surface area contributed by atoms with E-state index in [1.807, 2.05) is 50.3 Å². The van der Waals surface area contributed by atoms with Crippen molar-refractivity contribution in [2.75, 3.05) is 19.6 Å². The second kappa shape index (κ2) is 10.3. The molecule has 1 saturated heterocycles. The van der Waals surface area contributed by atoms with Gasteiger partial charge in [-0.1, -0.05) is 63.2 Å². The zero-order chi connectivity index (χ0) is 26.2. The number of hydrogen-bond donors (Lipinski definition) is 2. The van der Waals surface area contributed by atoms with Crippen LogP contribution in [0.3, 0.4) is 0 Å². The highest BCUT2D eigenvalue weighted by atomic mass is 32.1. The number of thiophene rings is 1. The van der Waals surface area contributed by atoms with Crippen LogP contribution in [0.25, 0.3) is 10.4 Å². The Labute approximate surface area is 223 Å². The van der Waals surface area contributed by atoms with Crippen LogP contribution in [0.2, 0.25) is 0 Å². The van der Waals surface area contributed by atoms with Crippen LogP contribution in [-0.2, 0) is 12.0 Å². The Balaban J connectivity index is 1.11. The minimum atomic E-state index is -1.17. The Kier molecular flexibility index (Phi) is 7.27. The van der Waals surface area contributed by atoms with E-state index in [0.29, 0.717) is 50.0 Å². The van der Waals surface area contributed by atoms with Gasteiger partial charge in [0.05, 0.1) is 5.56 Å². The Bertz CT molecular complexity index is 1240. The van der Waals surface area contributed by atoms with E-state index in [1.165, 1.54) is 15.3 Å². The van der Waals surface area contributed by atoms with Crippen LogP contribution in [0.4, 0.5) is 4.39 Å². The first-order valence-electron chi connectivity index (χ1n) is 13.3. The van der Waals surface area contributed by atoms with Crippen molar-refractivity contribution in [2.24, 2.45) is 0 Å². The molecule has 0 spiro atoms. The summed E-state index contributed by atoms with van der Waals surface area (Å²) in [4.78, 5) is 16.6. The largest absolute Gasteiger partial charge is 0.478 e. The van der Waals surface area contributed by atoms with E-state index in [0.717, 1.165) is 24.1 Å². The molecule has 2 aromatic carbocycles. The van der Waals surface area contributed by atoms with Crippen molar-refractivity contribution in [3.63, 3.8) is 0 Å². The molecule has 2 N–H and O–H groups in total. The van der Waals surface area contributed by atoms with Crippen molar-refractivity contribution in [2.45, 2.75) is 69.6 Å². The molecule has 2 fully saturated rings. The number of carboxylic acid groups (broad SMARTS) is 1. The van der Waals surface area contributed by atoms with E-state index in [4.69, 9.17) is 0 Å². The van der Waals surface area contributed by atoms with E-state index in [1.54, 1.807) is 6.07 Å². The lowest BCUT2D eigenvalue weighted by Gasteiger charge is -2.37. The summed E-state index contributed by atoms with van der Waals surface area (Å²) in [6, 6.07) is 20.9. The minimum absolute atomic E-state index is 0.252. The molecule has 196 valence electrons. The van der Waals surface area contributed by atoms with Crippen LogP contribution in [0.5, 0.6) is 0 Å². The average molecular weight is 521 g/mol.